The topological polar surface area (TPSA) is 106 Å². The van der Waals surface area contributed by atoms with Gasteiger partial charge < -0.3 is 5.11 Å². The molecule has 1 atom stereocenters. The summed E-state index contributed by atoms with van der Waals surface area (Å²) in [4.78, 5) is 16.7. The van der Waals surface area contributed by atoms with Crippen LogP contribution in [0.15, 0.2) is 26.2 Å². The molecule has 29 heavy (non-hydrogen) atoms. The summed E-state index contributed by atoms with van der Waals surface area (Å²) in [5.74, 6) is -1.14. The molecule has 0 aliphatic heterocycles. The van der Waals surface area contributed by atoms with E-state index in [1.807, 2.05) is 27.7 Å². The van der Waals surface area contributed by atoms with E-state index >= 15 is 0 Å². The van der Waals surface area contributed by atoms with Crippen molar-refractivity contribution in [2.45, 2.75) is 69.7 Å². The number of benzene rings is 1. The van der Waals surface area contributed by atoms with E-state index in [9.17, 15) is 18.5 Å². The van der Waals surface area contributed by atoms with Gasteiger partial charge in [0, 0.05) is 5.38 Å². The van der Waals surface area contributed by atoms with Crippen LogP contribution >= 0.6 is 11.3 Å². The number of halogens is 1. The molecule has 0 radical (unpaired) electrons. The smallest absolute Gasteiger partial charge is 0.259 e. The maximum Gasteiger partial charge on any atom is 0.259 e. The van der Waals surface area contributed by atoms with Crippen molar-refractivity contribution in [3.8, 4) is 0 Å². The molecule has 160 valence electrons. The Labute approximate surface area is 175 Å². The van der Waals surface area contributed by atoms with Gasteiger partial charge in [-0.3, -0.25) is 4.79 Å². The van der Waals surface area contributed by atoms with Gasteiger partial charge in [-0.25, -0.2) is 18.7 Å². The molecule has 1 heterocycles. The molecule has 0 saturated heterocycles. The highest BCUT2D eigenvalue weighted by Gasteiger charge is 2.24. The second kappa shape index (κ2) is 8.59. The summed E-state index contributed by atoms with van der Waals surface area (Å²) in [6.45, 7) is 10.7. The Kier molecular flexibility index (Phi) is 6.99. The first-order valence-corrected chi connectivity index (χ1v) is 11.8. The fourth-order valence-electron chi connectivity index (χ4n) is 3.06. The van der Waals surface area contributed by atoms with Gasteiger partial charge in [0.2, 0.25) is 4.34 Å². The lowest BCUT2D eigenvalue weighted by Gasteiger charge is -2.19. The highest BCUT2D eigenvalue weighted by molar-refractivity contribution is 7.93. The fraction of sp³-hybridized carbons (Fsp3) is 0.500. The van der Waals surface area contributed by atoms with E-state index < -0.39 is 21.4 Å². The number of hydrogen-bond donors (Lipinski definition) is 2. The average Bonchev–Trinajstić information content (AvgIpc) is 3.04. The minimum Gasteiger partial charge on any atom is -0.384 e. The Hall–Kier alpha value is -1.68. The number of rotatable bonds is 6. The van der Waals surface area contributed by atoms with Crippen molar-refractivity contribution in [2.75, 3.05) is 0 Å². The number of aliphatic hydroxyl groups is 1. The summed E-state index contributed by atoms with van der Waals surface area (Å²) in [5, 5.41) is 17.4. The third kappa shape index (κ3) is 5.48. The fourth-order valence-corrected chi connectivity index (χ4v) is 5.25. The van der Waals surface area contributed by atoms with Crippen LogP contribution in [0, 0.1) is 5.82 Å². The zero-order valence-corrected chi connectivity index (χ0v) is 19.2. The summed E-state index contributed by atoms with van der Waals surface area (Å²) in [6.07, 6.45) is -0.198. The molecular weight excluding hydrogens is 413 g/mol. The third-order valence-corrected chi connectivity index (χ3v) is 7.17. The SMILES string of the molecule is CC(C)c1ccc(F)c(C(C)C)c1CC(=O)N=[S@@](N)(=O)c1nc(C(C)(C)O)cs1. The Morgan fingerprint density at radius 1 is 1.31 bits per heavy atom. The zero-order chi connectivity index (χ0) is 22.1. The Morgan fingerprint density at radius 2 is 1.93 bits per heavy atom. The first-order chi connectivity index (χ1) is 13.2. The number of amides is 1. The lowest BCUT2D eigenvalue weighted by Crippen LogP contribution is -2.19. The molecule has 0 bridgehead atoms. The van der Waals surface area contributed by atoms with E-state index in [1.54, 1.807) is 6.07 Å². The predicted octanol–water partition coefficient (Wildman–Crippen LogP) is 4.23. The van der Waals surface area contributed by atoms with Crippen LogP contribution in [0.5, 0.6) is 0 Å². The largest absolute Gasteiger partial charge is 0.384 e. The van der Waals surface area contributed by atoms with Gasteiger partial charge in [-0.15, -0.1) is 15.7 Å². The number of nitrogens with two attached hydrogens (primary N) is 1. The average molecular weight is 442 g/mol. The van der Waals surface area contributed by atoms with Gasteiger partial charge in [0.1, 0.15) is 11.4 Å². The highest BCUT2D eigenvalue weighted by Crippen LogP contribution is 2.31. The molecule has 2 aromatic rings. The van der Waals surface area contributed by atoms with Crippen molar-refractivity contribution in [3.05, 3.63) is 45.7 Å². The molecule has 1 amide bonds. The van der Waals surface area contributed by atoms with Gasteiger partial charge in [0.25, 0.3) is 5.91 Å². The van der Waals surface area contributed by atoms with Crippen molar-refractivity contribution < 1.29 is 18.5 Å². The molecule has 0 saturated carbocycles. The zero-order valence-electron chi connectivity index (χ0n) is 17.5. The van der Waals surface area contributed by atoms with Gasteiger partial charge in [-0.05, 0) is 48.4 Å². The minimum atomic E-state index is -3.57. The van der Waals surface area contributed by atoms with Crippen LogP contribution in [-0.2, 0) is 26.7 Å². The van der Waals surface area contributed by atoms with Crippen molar-refractivity contribution >= 4 is 27.2 Å². The second-order valence-electron chi connectivity index (χ2n) is 8.13. The summed E-state index contributed by atoms with van der Waals surface area (Å²) >= 11 is 0.973. The van der Waals surface area contributed by atoms with E-state index in [0.29, 0.717) is 16.8 Å². The quantitative estimate of drug-likeness (QED) is 0.700. The highest BCUT2D eigenvalue weighted by atomic mass is 32.2. The standard InChI is InChI=1S/C20H28FN3O3S2/c1-11(2)13-7-8-15(21)18(12(3)4)14(13)9-17(25)24-29(22,27)19-23-16(10-28-19)20(5,6)26/h7-8,10-12,26H,9H2,1-6H3,(H2,22,24,25,27)/t29-/m1/s1. The van der Waals surface area contributed by atoms with Crippen molar-refractivity contribution in [1.82, 2.24) is 4.98 Å². The maximum atomic E-state index is 14.5. The molecule has 6 nitrogen and oxygen atoms in total. The molecule has 3 N–H and O–H groups in total. The lowest BCUT2D eigenvalue weighted by atomic mass is 9.86. The van der Waals surface area contributed by atoms with Gasteiger partial charge in [0.15, 0.2) is 9.92 Å². The van der Waals surface area contributed by atoms with E-state index in [1.165, 1.54) is 25.3 Å². The van der Waals surface area contributed by atoms with E-state index in [-0.39, 0.29) is 28.4 Å². The van der Waals surface area contributed by atoms with Gasteiger partial charge in [0.05, 0.1) is 12.1 Å². The molecule has 0 aliphatic rings. The van der Waals surface area contributed by atoms with Crippen LogP contribution in [0.2, 0.25) is 0 Å². The molecule has 0 fully saturated rings. The van der Waals surface area contributed by atoms with Gasteiger partial charge in [-0.1, -0.05) is 33.8 Å². The molecule has 0 spiro atoms. The molecule has 9 heteroatoms. The number of carbonyl (C=O) groups is 1. The monoisotopic (exact) mass is 441 g/mol. The summed E-state index contributed by atoms with van der Waals surface area (Å²) in [6, 6.07) is 3.08. The molecule has 1 aromatic heterocycles. The van der Waals surface area contributed by atoms with Crippen LogP contribution in [0.25, 0.3) is 0 Å². The van der Waals surface area contributed by atoms with E-state index in [4.69, 9.17) is 5.14 Å². The number of hydrogen-bond acceptors (Lipinski definition) is 5. The third-order valence-electron chi connectivity index (χ3n) is 4.47. The number of aromatic nitrogens is 1. The van der Waals surface area contributed by atoms with Crippen molar-refractivity contribution in [2.24, 2.45) is 9.50 Å². The maximum absolute atomic E-state index is 14.5. The molecular formula is C20H28FN3O3S2. The van der Waals surface area contributed by atoms with Crippen LogP contribution in [0.4, 0.5) is 4.39 Å². The molecule has 0 aliphatic carbocycles. The first kappa shape index (κ1) is 23.6. The second-order valence-corrected chi connectivity index (χ2v) is 10.9. The van der Waals surface area contributed by atoms with E-state index in [0.717, 1.165) is 16.9 Å². The predicted molar refractivity (Wildman–Crippen MR) is 114 cm³/mol. The Morgan fingerprint density at radius 3 is 2.41 bits per heavy atom. The summed E-state index contributed by atoms with van der Waals surface area (Å²) in [5.41, 5.74) is 0.944. The van der Waals surface area contributed by atoms with Gasteiger partial charge >= 0.3 is 0 Å². The van der Waals surface area contributed by atoms with Crippen LogP contribution < -0.4 is 5.14 Å². The van der Waals surface area contributed by atoms with Crippen LogP contribution in [0.1, 0.15) is 75.8 Å². The minimum absolute atomic E-state index is 0.0321. The van der Waals surface area contributed by atoms with E-state index in [2.05, 4.69) is 9.35 Å². The number of carbonyl (C=O) groups excluding carboxylic acids is 1. The lowest BCUT2D eigenvalue weighted by molar-refractivity contribution is -0.117. The Balaban J connectivity index is 2.46. The summed E-state index contributed by atoms with van der Waals surface area (Å²) in [7, 11) is -3.57. The van der Waals surface area contributed by atoms with Crippen LogP contribution in [0.3, 0.4) is 0 Å². The molecule has 2 rings (SSSR count). The van der Waals surface area contributed by atoms with Crippen molar-refractivity contribution in [3.63, 3.8) is 0 Å². The summed E-state index contributed by atoms with van der Waals surface area (Å²) < 4.78 is 31.0. The number of nitrogens with zero attached hydrogens (tertiary/aromatic N) is 2. The Bertz CT molecular complexity index is 1030. The first-order valence-electron chi connectivity index (χ1n) is 9.31. The van der Waals surface area contributed by atoms with Gasteiger partial charge in [-0.2, -0.15) is 0 Å². The molecule has 1 aromatic carbocycles. The van der Waals surface area contributed by atoms with Crippen molar-refractivity contribution in [1.29, 1.82) is 0 Å². The van der Waals surface area contributed by atoms with Crippen LogP contribution in [-0.4, -0.2) is 20.2 Å². The normalized spacial score (nSPS) is 14.3. The number of thiazole rings is 1. The molecule has 0 unspecified atom stereocenters.